The Labute approximate surface area is 127 Å². The first-order chi connectivity index (χ1) is 10.0. The first-order valence-electron chi connectivity index (χ1n) is 8.12. The van der Waals surface area contributed by atoms with Gasteiger partial charge in [0.15, 0.2) is 0 Å². The van der Waals surface area contributed by atoms with E-state index < -0.39 is 0 Å². The van der Waals surface area contributed by atoms with Gasteiger partial charge in [0.25, 0.3) is 0 Å². The highest BCUT2D eigenvalue weighted by molar-refractivity contribution is 5.81. The predicted molar refractivity (Wildman–Crippen MR) is 88.4 cm³/mol. The number of rotatable bonds is 2. The zero-order chi connectivity index (χ0) is 14.7. The average molecular weight is 280 g/mol. The van der Waals surface area contributed by atoms with Crippen LogP contribution in [0, 0.1) is 16.7 Å². The second-order valence-electron chi connectivity index (χ2n) is 7.72. The van der Waals surface area contributed by atoms with Crippen molar-refractivity contribution in [2.75, 3.05) is 5.32 Å². The molecule has 0 saturated heterocycles. The molecule has 2 aromatic rings. The van der Waals surface area contributed by atoms with Crippen molar-refractivity contribution >= 4 is 16.6 Å². The van der Waals surface area contributed by atoms with Crippen LogP contribution in [0.5, 0.6) is 0 Å². The molecule has 1 heterocycles. The van der Waals surface area contributed by atoms with E-state index in [1.54, 1.807) is 0 Å². The van der Waals surface area contributed by atoms with Crippen LogP contribution >= 0.6 is 0 Å². The molecule has 2 aliphatic carbocycles. The lowest BCUT2D eigenvalue weighted by Gasteiger charge is -2.39. The maximum atomic E-state index is 4.58. The Morgan fingerprint density at radius 3 is 2.71 bits per heavy atom. The van der Waals surface area contributed by atoms with E-state index in [2.05, 4.69) is 55.3 Å². The highest BCUT2D eigenvalue weighted by Crippen LogP contribution is 2.65. The molecule has 2 nitrogen and oxygen atoms in total. The summed E-state index contributed by atoms with van der Waals surface area (Å²) < 4.78 is 0. The van der Waals surface area contributed by atoms with Crippen molar-refractivity contribution in [3.63, 3.8) is 0 Å². The summed E-state index contributed by atoms with van der Waals surface area (Å²) >= 11 is 0. The fourth-order valence-electron chi connectivity index (χ4n) is 4.77. The smallest absolute Gasteiger partial charge is 0.0703 e. The molecule has 1 aromatic carbocycles. The van der Waals surface area contributed by atoms with Crippen molar-refractivity contribution in [3.05, 3.63) is 36.5 Å². The molecule has 3 atom stereocenters. The number of pyridine rings is 1. The van der Waals surface area contributed by atoms with Gasteiger partial charge in [-0.25, -0.2) is 0 Å². The summed E-state index contributed by atoms with van der Waals surface area (Å²) in [5.41, 5.74) is 3.10. The third kappa shape index (κ3) is 1.74. The number of nitrogens with zero attached hydrogens (tertiary/aromatic N) is 1. The maximum absolute atomic E-state index is 4.58. The van der Waals surface area contributed by atoms with E-state index in [1.165, 1.54) is 30.3 Å². The molecule has 2 heteroatoms. The molecular formula is C19H24N2. The average Bonchev–Trinajstić information content (AvgIpc) is 2.80. The lowest BCUT2D eigenvalue weighted by Crippen LogP contribution is -2.40. The molecule has 1 N–H and O–H groups in total. The van der Waals surface area contributed by atoms with E-state index in [0.717, 1.165) is 11.4 Å². The van der Waals surface area contributed by atoms with E-state index in [-0.39, 0.29) is 0 Å². The van der Waals surface area contributed by atoms with Gasteiger partial charge in [-0.05, 0) is 48.1 Å². The van der Waals surface area contributed by atoms with Crippen LogP contribution in [0.2, 0.25) is 0 Å². The molecule has 2 bridgehead atoms. The first kappa shape index (κ1) is 13.1. The number of anilines is 1. The SMILES string of the molecule is CC1(C)C2CCC1(C)C(Nc1cnc3ccccc3c1)C2. The number of hydrogen-bond acceptors (Lipinski definition) is 2. The molecule has 3 unspecified atom stereocenters. The van der Waals surface area contributed by atoms with Crippen LogP contribution in [-0.4, -0.2) is 11.0 Å². The molecule has 2 saturated carbocycles. The topological polar surface area (TPSA) is 24.9 Å². The van der Waals surface area contributed by atoms with Crippen molar-refractivity contribution in [2.45, 2.75) is 46.1 Å². The number of benzene rings is 1. The summed E-state index contributed by atoms with van der Waals surface area (Å²) in [5, 5.41) is 5.02. The minimum absolute atomic E-state index is 0.406. The number of para-hydroxylation sites is 1. The van der Waals surface area contributed by atoms with Gasteiger partial charge < -0.3 is 5.32 Å². The molecule has 0 aliphatic heterocycles. The lowest BCUT2D eigenvalue weighted by molar-refractivity contribution is 0.142. The summed E-state index contributed by atoms with van der Waals surface area (Å²) in [6.45, 7) is 7.40. The quantitative estimate of drug-likeness (QED) is 0.849. The Morgan fingerprint density at radius 2 is 2.00 bits per heavy atom. The molecule has 2 fully saturated rings. The lowest BCUT2D eigenvalue weighted by atomic mass is 9.69. The molecule has 2 aliphatic rings. The molecule has 0 radical (unpaired) electrons. The molecule has 0 amide bonds. The van der Waals surface area contributed by atoms with E-state index in [9.17, 15) is 0 Å². The van der Waals surface area contributed by atoms with Crippen molar-refractivity contribution in [2.24, 2.45) is 16.7 Å². The van der Waals surface area contributed by atoms with Crippen LogP contribution in [0.4, 0.5) is 5.69 Å². The van der Waals surface area contributed by atoms with Gasteiger partial charge in [-0.2, -0.15) is 0 Å². The largest absolute Gasteiger partial charge is 0.380 e. The maximum Gasteiger partial charge on any atom is 0.0703 e. The van der Waals surface area contributed by atoms with Gasteiger partial charge in [-0.3, -0.25) is 4.98 Å². The van der Waals surface area contributed by atoms with Crippen molar-refractivity contribution < 1.29 is 0 Å². The highest BCUT2D eigenvalue weighted by Gasteiger charge is 2.61. The fraction of sp³-hybridized carbons (Fsp3) is 0.526. The molecule has 0 spiro atoms. The summed E-state index contributed by atoms with van der Waals surface area (Å²) in [5.74, 6) is 0.869. The van der Waals surface area contributed by atoms with E-state index in [0.29, 0.717) is 16.9 Å². The Hall–Kier alpha value is -1.57. The molecule has 1 aromatic heterocycles. The van der Waals surface area contributed by atoms with Crippen LogP contribution in [0.15, 0.2) is 36.5 Å². The van der Waals surface area contributed by atoms with Crippen LogP contribution in [0.25, 0.3) is 10.9 Å². The van der Waals surface area contributed by atoms with E-state index in [1.807, 2.05) is 12.3 Å². The highest BCUT2D eigenvalue weighted by atomic mass is 15.0. The van der Waals surface area contributed by atoms with Gasteiger partial charge in [-0.15, -0.1) is 0 Å². The molecule has 21 heavy (non-hydrogen) atoms. The number of hydrogen-bond donors (Lipinski definition) is 1. The predicted octanol–water partition coefficient (Wildman–Crippen LogP) is 4.86. The van der Waals surface area contributed by atoms with Crippen LogP contribution in [0.3, 0.4) is 0 Å². The van der Waals surface area contributed by atoms with Gasteiger partial charge in [0.05, 0.1) is 17.4 Å². The van der Waals surface area contributed by atoms with Crippen molar-refractivity contribution in [1.82, 2.24) is 4.98 Å². The Balaban J connectivity index is 1.64. The minimum atomic E-state index is 0.406. The van der Waals surface area contributed by atoms with Crippen LogP contribution < -0.4 is 5.32 Å². The van der Waals surface area contributed by atoms with Gasteiger partial charge in [-0.1, -0.05) is 39.0 Å². The number of nitrogens with one attached hydrogen (secondary N) is 1. The summed E-state index contributed by atoms with van der Waals surface area (Å²) in [4.78, 5) is 4.58. The Morgan fingerprint density at radius 1 is 1.19 bits per heavy atom. The minimum Gasteiger partial charge on any atom is -0.380 e. The third-order valence-electron chi connectivity index (χ3n) is 6.73. The molecule has 4 rings (SSSR count). The normalized spacial score (nSPS) is 33.5. The van der Waals surface area contributed by atoms with Gasteiger partial charge in [0.2, 0.25) is 0 Å². The van der Waals surface area contributed by atoms with Crippen molar-refractivity contribution in [1.29, 1.82) is 0 Å². The summed E-state index contributed by atoms with van der Waals surface area (Å²) in [6.07, 6.45) is 6.04. The first-order valence-corrected chi connectivity index (χ1v) is 8.12. The summed E-state index contributed by atoms with van der Waals surface area (Å²) in [7, 11) is 0. The molecular weight excluding hydrogens is 256 g/mol. The zero-order valence-corrected chi connectivity index (χ0v) is 13.2. The Bertz CT molecular complexity index is 691. The summed E-state index contributed by atoms with van der Waals surface area (Å²) in [6, 6.07) is 11.2. The third-order valence-corrected chi connectivity index (χ3v) is 6.73. The van der Waals surface area contributed by atoms with Crippen LogP contribution in [-0.2, 0) is 0 Å². The van der Waals surface area contributed by atoms with Gasteiger partial charge in [0.1, 0.15) is 0 Å². The number of fused-ring (bicyclic) bond motifs is 3. The monoisotopic (exact) mass is 280 g/mol. The standard InChI is InChI=1S/C19H24N2/c1-18(2)14-8-9-19(18,3)17(11-14)21-15-10-13-6-4-5-7-16(13)20-12-15/h4-7,10,12,14,17,21H,8-9,11H2,1-3H3. The second-order valence-corrected chi connectivity index (χ2v) is 7.72. The van der Waals surface area contributed by atoms with E-state index >= 15 is 0 Å². The Kier molecular flexibility index (Phi) is 2.64. The van der Waals surface area contributed by atoms with Gasteiger partial charge >= 0.3 is 0 Å². The number of aromatic nitrogens is 1. The van der Waals surface area contributed by atoms with Crippen LogP contribution in [0.1, 0.15) is 40.0 Å². The van der Waals surface area contributed by atoms with Gasteiger partial charge in [0, 0.05) is 11.4 Å². The van der Waals surface area contributed by atoms with E-state index in [4.69, 9.17) is 0 Å². The zero-order valence-electron chi connectivity index (χ0n) is 13.2. The fourth-order valence-corrected chi connectivity index (χ4v) is 4.77. The molecule has 110 valence electrons. The second kappa shape index (κ2) is 4.22. The van der Waals surface area contributed by atoms with Crippen molar-refractivity contribution in [3.8, 4) is 0 Å².